The van der Waals surface area contributed by atoms with Crippen LogP contribution in [0.4, 0.5) is 0 Å². The second kappa shape index (κ2) is 8.82. The summed E-state index contributed by atoms with van der Waals surface area (Å²) in [6, 6.07) is 45.0. The molecule has 0 spiro atoms. The molecule has 0 aliphatic heterocycles. The van der Waals surface area contributed by atoms with Crippen LogP contribution in [-0.2, 0) is 13.5 Å². The maximum Gasteiger partial charge on any atom is 0.0547 e. The minimum Gasteiger partial charge on any atom is -0.344 e. The number of aryl methyl sites for hydroxylation is 2. The zero-order valence-electron chi connectivity index (χ0n) is 23.6. The van der Waals surface area contributed by atoms with Crippen molar-refractivity contribution < 1.29 is 0 Å². The van der Waals surface area contributed by atoms with Crippen LogP contribution < -0.4 is 0 Å². The first-order valence-corrected chi connectivity index (χ1v) is 15.5. The third kappa shape index (κ3) is 3.20. The van der Waals surface area contributed by atoms with Crippen molar-refractivity contribution in [1.29, 1.82) is 0 Å². The van der Waals surface area contributed by atoms with Gasteiger partial charge in [0.2, 0.25) is 0 Å². The van der Waals surface area contributed by atoms with Crippen LogP contribution in [0.1, 0.15) is 12.5 Å². The van der Waals surface area contributed by atoms with Crippen LogP contribution in [0.25, 0.3) is 80.6 Å². The van der Waals surface area contributed by atoms with Gasteiger partial charge in [-0.15, -0.1) is 11.3 Å². The summed E-state index contributed by atoms with van der Waals surface area (Å²) >= 11 is 1.92. The quantitative estimate of drug-likeness (QED) is 0.205. The number of aromatic nitrogens is 2. The van der Waals surface area contributed by atoms with E-state index >= 15 is 0 Å². The van der Waals surface area contributed by atoms with E-state index in [0.717, 1.165) is 6.42 Å². The van der Waals surface area contributed by atoms with Gasteiger partial charge in [0.05, 0.1) is 11.0 Å². The highest BCUT2D eigenvalue weighted by atomic mass is 32.1. The molecule has 0 saturated heterocycles. The Kier molecular flexibility index (Phi) is 5.00. The van der Waals surface area contributed by atoms with E-state index in [0.29, 0.717) is 0 Å². The number of rotatable bonds is 3. The molecule has 3 aromatic heterocycles. The molecular weight excluding hydrogens is 529 g/mol. The standard InChI is InChI=1S/C39H28N2S/c1-3-24-21-26(23-32-30-12-6-9-18-37(30)42-39(24)32)41-34-16-8-4-11-28(34)29-20-19-25(22-36(29)41)27-14-10-17-35-38(27)31-13-5-7-15-33(31)40(35)2/h4-23H,3H2,1-2H3. The Labute approximate surface area is 247 Å². The van der Waals surface area contributed by atoms with Gasteiger partial charge in [-0.25, -0.2) is 0 Å². The first kappa shape index (κ1) is 23.8. The van der Waals surface area contributed by atoms with E-state index in [4.69, 9.17) is 0 Å². The number of para-hydroxylation sites is 2. The van der Waals surface area contributed by atoms with E-state index in [9.17, 15) is 0 Å². The molecule has 2 nitrogen and oxygen atoms in total. The summed E-state index contributed by atoms with van der Waals surface area (Å²) in [7, 11) is 2.17. The predicted molar refractivity (Wildman–Crippen MR) is 182 cm³/mol. The van der Waals surface area contributed by atoms with E-state index in [1.165, 1.54) is 86.2 Å². The van der Waals surface area contributed by atoms with Crippen molar-refractivity contribution in [2.75, 3.05) is 0 Å². The third-order valence-electron chi connectivity index (χ3n) is 9.10. The summed E-state index contributed by atoms with van der Waals surface area (Å²) in [5.41, 5.74) is 10.2. The van der Waals surface area contributed by atoms with Crippen LogP contribution in [0.15, 0.2) is 121 Å². The van der Waals surface area contributed by atoms with Crippen molar-refractivity contribution in [1.82, 2.24) is 9.13 Å². The fourth-order valence-corrected chi connectivity index (χ4v) is 8.41. The van der Waals surface area contributed by atoms with Crippen LogP contribution in [0.2, 0.25) is 0 Å². The molecule has 42 heavy (non-hydrogen) atoms. The fraction of sp³-hybridized carbons (Fsp3) is 0.0769. The van der Waals surface area contributed by atoms with Gasteiger partial charge in [0, 0.05) is 65.5 Å². The number of benzene rings is 6. The lowest BCUT2D eigenvalue weighted by atomic mass is 9.98. The Balaban J connectivity index is 1.38. The summed E-state index contributed by atoms with van der Waals surface area (Å²) < 4.78 is 7.57. The Morgan fingerprint density at radius 1 is 0.571 bits per heavy atom. The first-order valence-electron chi connectivity index (χ1n) is 14.7. The molecule has 0 aliphatic rings. The lowest BCUT2D eigenvalue weighted by Crippen LogP contribution is -1.96. The molecule has 200 valence electrons. The molecule has 3 heteroatoms. The van der Waals surface area contributed by atoms with Crippen molar-refractivity contribution in [2.24, 2.45) is 7.05 Å². The maximum absolute atomic E-state index is 2.49. The van der Waals surface area contributed by atoms with Crippen molar-refractivity contribution in [3.8, 4) is 16.8 Å². The number of thiophene rings is 1. The summed E-state index contributed by atoms with van der Waals surface area (Å²) in [4.78, 5) is 0. The molecule has 0 bridgehead atoms. The van der Waals surface area contributed by atoms with Gasteiger partial charge in [-0.1, -0.05) is 85.8 Å². The van der Waals surface area contributed by atoms with Crippen molar-refractivity contribution in [3.63, 3.8) is 0 Å². The summed E-state index contributed by atoms with van der Waals surface area (Å²) in [5.74, 6) is 0. The molecule has 0 radical (unpaired) electrons. The smallest absolute Gasteiger partial charge is 0.0547 e. The molecule has 0 N–H and O–H groups in total. The van der Waals surface area contributed by atoms with Gasteiger partial charge in [0.25, 0.3) is 0 Å². The number of fused-ring (bicyclic) bond motifs is 9. The molecule has 0 aliphatic carbocycles. The molecule has 9 rings (SSSR count). The molecule has 9 aromatic rings. The zero-order valence-corrected chi connectivity index (χ0v) is 24.4. The summed E-state index contributed by atoms with van der Waals surface area (Å²) in [6.07, 6.45) is 1.00. The molecule has 3 heterocycles. The number of hydrogen-bond donors (Lipinski definition) is 0. The van der Waals surface area contributed by atoms with Crippen LogP contribution in [0, 0.1) is 0 Å². The van der Waals surface area contributed by atoms with E-state index in [1.54, 1.807) is 0 Å². The number of hydrogen-bond acceptors (Lipinski definition) is 1. The minimum atomic E-state index is 1.00. The second-order valence-electron chi connectivity index (χ2n) is 11.3. The van der Waals surface area contributed by atoms with Crippen molar-refractivity contribution in [3.05, 3.63) is 127 Å². The summed E-state index contributed by atoms with van der Waals surface area (Å²) in [5, 5.41) is 7.89. The van der Waals surface area contributed by atoms with Crippen LogP contribution in [0.5, 0.6) is 0 Å². The average molecular weight is 557 g/mol. The molecule has 0 fully saturated rings. The van der Waals surface area contributed by atoms with Gasteiger partial charge >= 0.3 is 0 Å². The van der Waals surface area contributed by atoms with Crippen molar-refractivity contribution in [2.45, 2.75) is 13.3 Å². The highest BCUT2D eigenvalue weighted by molar-refractivity contribution is 7.26. The Morgan fingerprint density at radius 2 is 1.29 bits per heavy atom. The zero-order chi connectivity index (χ0) is 27.9. The van der Waals surface area contributed by atoms with Crippen LogP contribution in [-0.4, -0.2) is 9.13 Å². The molecule has 0 amide bonds. The van der Waals surface area contributed by atoms with Gasteiger partial charge in [0.15, 0.2) is 0 Å². The van der Waals surface area contributed by atoms with Crippen molar-refractivity contribution >= 4 is 75.1 Å². The largest absolute Gasteiger partial charge is 0.344 e. The van der Waals surface area contributed by atoms with E-state index in [1.807, 2.05) is 11.3 Å². The SMILES string of the molecule is CCc1cc(-n2c3ccccc3c3ccc(-c4cccc5c4c4ccccc4n5C)cc32)cc2c1sc1ccccc12. The van der Waals surface area contributed by atoms with E-state index in [-0.39, 0.29) is 0 Å². The highest BCUT2D eigenvalue weighted by Crippen LogP contribution is 2.42. The van der Waals surface area contributed by atoms with Gasteiger partial charge in [-0.2, -0.15) is 0 Å². The van der Waals surface area contributed by atoms with Gasteiger partial charge < -0.3 is 9.13 Å². The lowest BCUT2D eigenvalue weighted by Gasteiger charge is -2.12. The third-order valence-corrected chi connectivity index (χ3v) is 10.4. The molecule has 0 saturated carbocycles. The highest BCUT2D eigenvalue weighted by Gasteiger charge is 2.18. The van der Waals surface area contributed by atoms with E-state index < -0.39 is 0 Å². The fourth-order valence-electron chi connectivity index (χ4n) is 7.14. The second-order valence-corrected chi connectivity index (χ2v) is 12.3. The number of nitrogens with zero attached hydrogens (tertiary/aromatic N) is 2. The van der Waals surface area contributed by atoms with Crippen LogP contribution >= 0.6 is 11.3 Å². The van der Waals surface area contributed by atoms with Crippen LogP contribution in [0.3, 0.4) is 0 Å². The lowest BCUT2D eigenvalue weighted by molar-refractivity contribution is 1.01. The normalized spacial score (nSPS) is 12.1. The van der Waals surface area contributed by atoms with E-state index in [2.05, 4.69) is 144 Å². The molecular formula is C39H28N2S. The van der Waals surface area contributed by atoms with Gasteiger partial charge in [-0.3, -0.25) is 0 Å². The molecule has 0 atom stereocenters. The average Bonchev–Trinajstić information content (AvgIpc) is 3.68. The predicted octanol–water partition coefficient (Wildman–Crippen LogP) is 11.0. The maximum atomic E-state index is 2.49. The Morgan fingerprint density at radius 3 is 2.14 bits per heavy atom. The monoisotopic (exact) mass is 556 g/mol. The van der Waals surface area contributed by atoms with Gasteiger partial charge in [0.1, 0.15) is 0 Å². The topological polar surface area (TPSA) is 9.86 Å². The summed E-state index contributed by atoms with van der Waals surface area (Å²) in [6.45, 7) is 2.28. The first-order chi connectivity index (χ1) is 20.7. The molecule has 0 unspecified atom stereocenters. The van der Waals surface area contributed by atoms with Gasteiger partial charge in [-0.05, 0) is 65.6 Å². The molecule has 6 aromatic carbocycles. The minimum absolute atomic E-state index is 1.00. The Hall–Kier alpha value is -4.86. The Bertz CT molecular complexity index is 2520.